The molecule has 31 heavy (non-hydrogen) atoms. The topological polar surface area (TPSA) is 39.6 Å². The highest BCUT2D eigenvalue weighted by Crippen LogP contribution is 2.37. The monoisotopic (exact) mass is 421 g/mol. The molecule has 168 valence electrons. The van der Waals surface area contributed by atoms with Gasteiger partial charge in [0.1, 0.15) is 5.82 Å². The summed E-state index contributed by atoms with van der Waals surface area (Å²) in [6, 6.07) is 13.5. The van der Waals surface area contributed by atoms with Crippen LogP contribution in [0.1, 0.15) is 63.5 Å². The number of aromatic nitrogens is 1. The van der Waals surface area contributed by atoms with E-state index in [2.05, 4.69) is 60.0 Å². The van der Waals surface area contributed by atoms with Crippen molar-refractivity contribution in [1.29, 1.82) is 0 Å². The first-order chi connectivity index (χ1) is 15.1. The molecule has 1 saturated heterocycles. The van der Waals surface area contributed by atoms with Crippen LogP contribution in [-0.4, -0.2) is 54.3 Å². The second-order valence-electron chi connectivity index (χ2n) is 9.96. The van der Waals surface area contributed by atoms with Crippen molar-refractivity contribution >= 4 is 5.82 Å². The number of fused-ring (bicyclic) bond motifs is 1. The Balaban J connectivity index is 1.44. The van der Waals surface area contributed by atoms with Gasteiger partial charge in [-0.2, -0.15) is 0 Å². The molecule has 0 spiro atoms. The van der Waals surface area contributed by atoms with E-state index < -0.39 is 0 Å². The van der Waals surface area contributed by atoms with Gasteiger partial charge in [-0.1, -0.05) is 38.5 Å². The van der Waals surface area contributed by atoms with E-state index in [9.17, 15) is 0 Å². The summed E-state index contributed by atoms with van der Waals surface area (Å²) >= 11 is 0. The summed E-state index contributed by atoms with van der Waals surface area (Å²) in [6.07, 6.45) is 8.32. The van der Waals surface area contributed by atoms with Crippen molar-refractivity contribution in [2.75, 3.05) is 44.2 Å². The van der Waals surface area contributed by atoms with Crippen molar-refractivity contribution in [3.63, 3.8) is 0 Å². The predicted octanol–water partition coefficient (Wildman–Crippen LogP) is 5.04. The molecule has 2 aromatic rings. The van der Waals surface area contributed by atoms with Crippen molar-refractivity contribution < 1.29 is 5.11 Å². The molecule has 0 amide bonds. The minimum Gasteiger partial charge on any atom is -0.396 e. The summed E-state index contributed by atoms with van der Waals surface area (Å²) in [5.74, 6) is 1.10. The third-order valence-electron chi connectivity index (χ3n) is 7.20. The molecule has 2 heterocycles. The Morgan fingerprint density at radius 3 is 2.61 bits per heavy atom. The van der Waals surface area contributed by atoms with E-state index in [0.29, 0.717) is 6.61 Å². The van der Waals surface area contributed by atoms with Gasteiger partial charge in [0.15, 0.2) is 0 Å². The summed E-state index contributed by atoms with van der Waals surface area (Å²) in [4.78, 5) is 10.1. The fraction of sp³-hybridized carbons (Fsp3) is 0.593. The van der Waals surface area contributed by atoms with Crippen molar-refractivity contribution in [3.8, 4) is 11.3 Å². The molecule has 1 aromatic heterocycles. The SMILES string of the molecule is CC1(C)CCCCc2ccc(-c3cccc(N4CCN(CCCCCO)CC4)n3)cc21. The van der Waals surface area contributed by atoms with Crippen LogP contribution in [0.15, 0.2) is 36.4 Å². The van der Waals surface area contributed by atoms with Crippen LogP contribution < -0.4 is 4.90 Å². The Bertz CT molecular complexity index is 855. The van der Waals surface area contributed by atoms with E-state index in [4.69, 9.17) is 10.1 Å². The number of benzene rings is 1. The van der Waals surface area contributed by atoms with E-state index in [1.807, 2.05) is 0 Å². The average Bonchev–Trinajstić information content (AvgIpc) is 2.95. The van der Waals surface area contributed by atoms with E-state index in [1.54, 1.807) is 0 Å². The maximum absolute atomic E-state index is 8.94. The van der Waals surface area contributed by atoms with Gasteiger partial charge in [0.05, 0.1) is 5.69 Å². The summed E-state index contributed by atoms with van der Waals surface area (Å²) in [5, 5.41) is 8.94. The largest absolute Gasteiger partial charge is 0.396 e. The van der Waals surface area contributed by atoms with Gasteiger partial charge in [-0.05, 0) is 79.8 Å². The predicted molar refractivity (Wildman–Crippen MR) is 130 cm³/mol. The second kappa shape index (κ2) is 10.1. The average molecular weight is 422 g/mol. The lowest BCUT2D eigenvalue weighted by molar-refractivity contribution is 0.242. The van der Waals surface area contributed by atoms with Gasteiger partial charge < -0.3 is 10.0 Å². The molecule has 1 aromatic carbocycles. The van der Waals surface area contributed by atoms with Gasteiger partial charge in [0, 0.05) is 38.3 Å². The number of piperazine rings is 1. The molecule has 2 aliphatic rings. The third-order valence-corrected chi connectivity index (χ3v) is 7.20. The van der Waals surface area contributed by atoms with Gasteiger partial charge in [0.25, 0.3) is 0 Å². The van der Waals surface area contributed by atoms with E-state index in [1.165, 1.54) is 48.8 Å². The number of nitrogens with zero attached hydrogens (tertiary/aromatic N) is 3. The first kappa shape index (κ1) is 22.3. The number of unbranched alkanes of at least 4 members (excludes halogenated alkanes) is 2. The molecule has 0 saturated carbocycles. The number of aliphatic hydroxyl groups excluding tert-OH is 1. The zero-order valence-corrected chi connectivity index (χ0v) is 19.4. The van der Waals surface area contributed by atoms with Crippen molar-refractivity contribution in [2.24, 2.45) is 0 Å². The summed E-state index contributed by atoms with van der Waals surface area (Å²) in [7, 11) is 0. The molecule has 0 atom stereocenters. The number of hydrogen-bond donors (Lipinski definition) is 1. The zero-order chi connectivity index (χ0) is 21.7. The third kappa shape index (κ3) is 5.48. The Kier molecular flexibility index (Phi) is 7.29. The first-order valence-electron chi connectivity index (χ1n) is 12.3. The van der Waals surface area contributed by atoms with E-state index in [0.717, 1.165) is 57.1 Å². The van der Waals surface area contributed by atoms with Gasteiger partial charge in [-0.15, -0.1) is 0 Å². The zero-order valence-electron chi connectivity index (χ0n) is 19.4. The fourth-order valence-corrected chi connectivity index (χ4v) is 5.19. The number of pyridine rings is 1. The summed E-state index contributed by atoms with van der Waals surface area (Å²) < 4.78 is 0. The molecule has 4 rings (SSSR count). The van der Waals surface area contributed by atoms with E-state index >= 15 is 0 Å². The molecule has 1 aliphatic carbocycles. The normalized spacial score (nSPS) is 19.1. The molecule has 1 N–H and O–H groups in total. The Morgan fingerprint density at radius 1 is 0.968 bits per heavy atom. The molecular formula is C27H39N3O. The van der Waals surface area contributed by atoms with Crippen LogP contribution in [0.4, 0.5) is 5.82 Å². The van der Waals surface area contributed by atoms with Crippen LogP contribution in [0.25, 0.3) is 11.3 Å². The first-order valence-corrected chi connectivity index (χ1v) is 12.3. The second-order valence-corrected chi connectivity index (χ2v) is 9.96. The Hall–Kier alpha value is -1.91. The number of aliphatic hydroxyl groups is 1. The van der Waals surface area contributed by atoms with Crippen LogP contribution in [0.5, 0.6) is 0 Å². The molecule has 0 radical (unpaired) electrons. The number of rotatable bonds is 7. The number of aryl methyl sites for hydroxylation is 1. The molecule has 0 bridgehead atoms. The lowest BCUT2D eigenvalue weighted by Gasteiger charge is -2.35. The van der Waals surface area contributed by atoms with Crippen molar-refractivity contribution in [3.05, 3.63) is 47.5 Å². The molecular weight excluding hydrogens is 382 g/mol. The van der Waals surface area contributed by atoms with Gasteiger partial charge in [0.2, 0.25) is 0 Å². The van der Waals surface area contributed by atoms with Crippen molar-refractivity contribution in [2.45, 2.75) is 64.2 Å². The highest BCUT2D eigenvalue weighted by molar-refractivity contribution is 5.64. The number of hydrogen-bond acceptors (Lipinski definition) is 4. The molecule has 0 unspecified atom stereocenters. The Morgan fingerprint density at radius 2 is 1.81 bits per heavy atom. The van der Waals surface area contributed by atoms with E-state index in [-0.39, 0.29) is 5.41 Å². The number of anilines is 1. The highest BCUT2D eigenvalue weighted by atomic mass is 16.2. The van der Waals surface area contributed by atoms with Crippen molar-refractivity contribution in [1.82, 2.24) is 9.88 Å². The lowest BCUT2D eigenvalue weighted by Crippen LogP contribution is -2.46. The minimum atomic E-state index is 0.243. The molecule has 4 nitrogen and oxygen atoms in total. The molecule has 4 heteroatoms. The standard InChI is InChI=1S/C27H39N3O/c1-27(2)14-5-4-9-22-12-13-23(21-24(22)27)25-10-8-11-26(28-25)30-18-16-29(17-19-30)15-6-3-7-20-31/h8,10-13,21,31H,3-7,9,14-20H2,1-2H3. The van der Waals surface area contributed by atoms with Crippen LogP contribution in [-0.2, 0) is 11.8 Å². The minimum absolute atomic E-state index is 0.243. The van der Waals surface area contributed by atoms with Gasteiger partial charge >= 0.3 is 0 Å². The van der Waals surface area contributed by atoms with Gasteiger partial charge in [-0.3, -0.25) is 4.90 Å². The van der Waals surface area contributed by atoms with Crippen LogP contribution >= 0.6 is 0 Å². The summed E-state index contributed by atoms with van der Waals surface area (Å²) in [5.41, 5.74) is 5.62. The van der Waals surface area contributed by atoms with Crippen LogP contribution in [0.3, 0.4) is 0 Å². The van der Waals surface area contributed by atoms with Crippen LogP contribution in [0.2, 0.25) is 0 Å². The fourth-order valence-electron chi connectivity index (χ4n) is 5.19. The maximum Gasteiger partial charge on any atom is 0.129 e. The maximum atomic E-state index is 8.94. The summed E-state index contributed by atoms with van der Waals surface area (Å²) in [6.45, 7) is 10.5. The van der Waals surface area contributed by atoms with Crippen LogP contribution in [0, 0.1) is 0 Å². The smallest absolute Gasteiger partial charge is 0.129 e. The Labute approximate surface area is 188 Å². The highest BCUT2D eigenvalue weighted by Gasteiger charge is 2.26. The quantitative estimate of drug-likeness (QED) is 0.502. The van der Waals surface area contributed by atoms with Gasteiger partial charge in [-0.25, -0.2) is 4.98 Å². The lowest BCUT2D eigenvalue weighted by atomic mass is 9.79. The molecule has 1 fully saturated rings. The molecule has 1 aliphatic heterocycles.